The molecule has 5 aromatic rings. The lowest BCUT2D eigenvalue weighted by molar-refractivity contribution is -0.416. The molecule has 15 rings (SSSR count). The summed E-state index contributed by atoms with van der Waals surface area (Å²) in [6.45, 7) is 14.5. The van der Waals surface area contributed by atoms with E-state index in [-0.39, 0.29) is 51.7 Å². The van der Waals surface area contributed by atoms with Crippen LogP contribution in [-0.2, 0) is 94.9 Å². The Morgan fingerprint density at radius 2 is 1.01 bits per heavy atom. The molecule has 24 heteroatoms. The van der Waals surface area contributed by atoms with Crippen molar-refractivity contribution in [2.45, 2.75) is 230 Å². The zero-order valence-electron chi connectivity index (χ0n) is 63.2. The fourth-order valence-corrected chi connectivity index (χ4v) is 19.7. The third kappa shape index (κ3) is 15.6. The molecule has 0 aromatic heterocycles. The minimum Gasteiger partial charge on any atom is -0.459 e. The number of ether oxygens (including phenoxy) is 17. The first kappa shape index (κ1) is 77.1. The molecule has 0 amide bonds. The standard InChI is InChI=1S/C86H98O24/c1-47-36-41-86(96-44-47)48(2)66-63(110-86)43-62-60-35-34-58-42-59(37-39-84(58,7)61(60)38-40-85(62,66)8)101-82-75(109-81-73(100-52(6)89)70(99-51(5)88)67(49(3)97-81)98-50(4)87)72(69-65(102-82)46-95-80(107-69)57-32-22-13-23-33-57)108-83-74(106-79(93)56-30-20-12-21-31-56)71(105-78(92)55-28-18-11-19-29-55)68(104-77(91)54-26-16-10-17-27-54)64(103-83)45-94-76(90)53-24-14-9-15-25-53/h9-34,47-49,59-75,80-83H,35-46H2,1-8H3/t47-,48+,49+,59+,60-,61+,62+,63+,64-,65-,66+,67+,68-,69+,70-,71+,72+,73-,74-,75-,80-,81+,82-,83+,84+,85+,86-/m1/s1. The minimum absolute atomic E-state index is 0.0433. The molecule has 0 bridgehead atoms. The first-order chi connectivity index (χ1) is 53.0. The summed E-state index contributed by atoms with van der Waals surface area (Å²) < 4.78 is 115. The quantitative estimate of drug-likeness (QED) is 0.0422. The van der Waals surface area contributed by atoms with Gasteiger partial charge in [-0.15, -0.1) is 0 Å². The summed E-state index contributed by atoms with van der Waals surface area (Å²) in [5.41, 5.74) is 2.08. The number of hydrogen-bond acceptors (Lipinski definition) is 24. The maximum Gasteiger partial charge on any atom is 0.338 e. The monoisotopic (exact) mass is 1510 g/mol. The number of hydrogen-bond donors (Lipinski definition) is 0. The van der Waals surface area contributed by atoms with Crippen LogP contribution in [0.25, 0.3) is 0 Å². The second-order valence-corrected chi connectivity index (χ2v) is 31.8. The van der Waals surface area contributed by atoms with Crippen LogP contribution in [-0.4, -0.2) is 172 Å². The summed E-state index contributed by atoms with van der Waals surface area (Å²) in [4.78, 5) is 98.9. The Morgan fingerprint density at radius 3 is 1.61 bits per heavy atom. The van der Waals surface area contributed by atoms with E-state index >= 15 is 9.59 Å². The van der Waals surface area contributed by atoms with Crippen molar-refractivity contribution in [3.05, 3.63) is 191 Å². The fraction of sp³-hybridized carbons (Fsp3) is 0.547. The van der Waals surface area contributed by atoms with Gasteiger partial charge in [-0.25, -0.2) is 19.2 Å². The van der Waals surface area contributed by atoms with Crippen molar-refractivity contribution < 1.29 is 114 Å². The molecule has 10 aliphatic rings. The lowest BCUT2D eigenvalue weighted by atomic mass is 9.47. The Kier molecular flexibility index (Phi) is 22.7. The van der Waals surface area contributed by atoms with Crippen molar-refractivity contribution in [3.63, 3.8) is 0 Å². The van der Waals surface area contributed by atoms with Gasteiger partial charge in [-0.2, -0.15) is 0 Å². The van der Waals surface area contributed by atoms with E-state index in [9.17, 15) is 24.0 Å². The van der Waals surface area contributed by atoms with Gasteiger partial charge in [-0.1, -0.05) is 142 Å². The summed E-state index contributed by atoms with van der Waals surface area (Å²) in [6, 6.07) is 41.2. The molecule has 0 N–H and O–H groups in total. The molecule has 110 heavy (non-hydrogen) atoms. The molecule has 0 unspecified atom stereocenters. The number of allylic oxidation sites excluding steroid dienone is 1. The average Bonchev–Trinajstić information content (AvgIpc) is 1.52. The largest absolute Gasteiger partial charge is 0.459 e. The van der Waals surface area contributed by atoms with E-state index < -0.39 is 159 Å². The van der Waals surface area contributed by atoms with E-state index in [2.05, 4.69) is 33.8 Å². The van der Waals surface area contributed by atoms with Gasteiger partial charge in [0.15, 0.2) is 67.6 Å². The maximum absolute atomic E-state index is 15.1. The van der Waals surface area contributed by atoms with Crippen LogP contribution < -0.4 is 0 Å². The smallest absolute Gasteiger partial charge is 0.338 e. The van der Waals surface area contributed by atoms with Crippen LogP contribution >= 0.6 is 0 Å². The van der Waals surface area contributed by atoms with Gasteiger partial charge in [0.2, 0.25) is 0 Å². The Hall–Kier alpha value is -8.27. The van der Waals surface area contributed by atoms with Crippen LogP contribution in [0, 0.1) is 46.3 Å². The predicted molar refractivity (Wildman–Crippen MR) is 388 cm³/mol. The normalized spacial score (nSPS) is 38.3. The molecule has 4 aliphatic carbocycles. The fourth-order valence-electron chi connectivity index (χ4n) is 19.7. The molecular formula is C86H98O24. The molecule has 27 atom stereocenters. The molecule has 5 aromatic carbocycles. The summed E-state index contributed by atoms with van der Waals surface area (Å²) >= 11 is 0. The molecule has 3 saturated carbocycles. The van der Waals surface area contributed by atoms with Crippen LogP contribution in [0.1, 0.15) is 166 Å². The minimum atomic E-state index is -1.98. The van der Waals surface area contributed by atoms with Crippen molar-refractivity contribution in [2.24, 2.45) is 46.3 Å². The molecule has 586 valence electrons. The Labute approximate surface area is 639 Å². The molecule has 1 spiro atoms. The molecule has 6 heterocycles. The van der Waals surface area contributed by atoms with Crippen LogP contribution in [0.3, 0.4) is 0 Å². The highest BCUT2D eigenvalue weighted by molar-refractivity contribution is 5.92. The maximum atomic E-state index is 15.1. The van der Waals surface area contributed by atoms with Crippen LogP contribution in [0.5, 0.6) is 0 Å². The number of benzene rings is 5. The van der Waals surface area contributed by atoms with E-state index in [4.69, 9.17) is 80.5 Å². The molecular weight excluding hydrogens is 1420 g/mol. The van der Waals surface area contributed by atoms with Gasteiger partial charge in [0.1, 0.15) is 37.1 Å². The van der Waals surface area contributed by atoms with Crippen molar-refractivity contribution in [1.29, 1.82) is 0 Å². The summed E-state index contributed by atoms with van der Waals surface area (Å²) in [7, 11) is 0. The lowest BCUT2D eigenvalue weighted by Crippen LogP contribution is -2.69. The van der Waals surface area contributed by atoms with E-state index in [1.54, 1.807) is 91.9 Å². The summed E-state index contributed by atoms with van der Waals surface area (Å²) in [5.74, 6) is -4.15. The Morgan fingerprint density at radius 1 is 0.482 bits per heavy atom. The lowest BCUT2D eigenvalue weighted by Gasteiger charge is -2.59. The number of esters is 7. The van der Waals surface area contributed by atoms with Crippen molar-refractivity contribution in [1.82, 2.24) is 0 Å². The van der Waals surface area contributed by atoms with Gasteiger partial charge in [0, 0.05) is 38.7 Å². The van der Waals surface area contributed by atoms with E-state index in [1.807, 2.05) is 30.3 Å². The Balaban J connectivity index is 0.833. The molecule has 6 saturated heterocycles. The van der Waals surface area contributed by atoms with Gasteiger partial charge in [0.05, 0.1) is 53.8 Å². The number of rotatable bonds is 19. The average molecular weight is 1520 g/mol. The topological polar surface area (TPSA) is 276 Å². The van der Waals surface area contributed by atoms with E-state index in [0.29, 0.717) is 48.0 Å². The summed E-state index contributed by atoms with van der Waals surface area (Å²) in [6.07, 6.45) is -15.1. The third-order valence-electron chi connectivity index (χ3n) is 25.0. The SMILES string of the molecule is CC(=O)O[C@@H]1[C@@H](OC(C)=O)[C@H](C)O[C@@H](O[C@H]2[C@H](O[C@H]3CC[C@@]4(C)C(=CC[C@H]5[C@@H]6C[C@@H]7O[C@]8(CC[C@@H](C)CO8)[C@@H](C)[C@@H]7[C@@]6(C)CC[C@@H]54)C3)O[C@@H]3CO[C@@H](c4ccccc4)O[C@@H]3[C@@H]2O[C@@H]2O[C@H](COC(=O)c3ccccc3)[C@@H](OC(=O)c3ccccc3)[C@H](OC(=O)c3ccccc3)[C@H]2OC(=O)c2ccccc2)[C@@H]1OC(C)=O. The predicted octanol–water partition coefficient (Wildman–Crippen LogP) is 12.1. The first-order valence-corrected chi connectivity index (χ1v) is 38.8. The van der Waals surface area contributed by atoms with Gasteiger partial charge in [-0.3, -0.25) is 14.4 Å². The zero-order valence-corrected chi connectivity index (χ0v) is 63.2. The third-order valence-corrected chi connectivity index (χ3v) is 25.0. The van der Waals surface area contributed by atoms with Crippen LogP contribution in [0.15, 0.2) is 163 Å². The van der Waals surface area contributed by atoms with Crippen LogP contribution in [0.2, 0.25) is 0 Å². The van der Waals surface area contributed by atoms with Gasteiger partial charge < -0.3 is 80.5 Å². The van der Waals surface area contributed by atoms with Gasteiger partial charge in [0.25, 0.3) is 0 Å². The van der Waals surface area contributed by atoms with Gasteiger partial charge in [-0.05, 0) is 147 Å². The molecule has 24 nitrogen and oxygen atoms in total. The molecule has 6 aliphatic heterocycles. The molecule has 9 fully saturated rings. The summed E-state index contributed by atoms with van der Waals surface area (Å²) in [5, 5.41) is 0. The molecule has 0 radical (unpaired) electrons. The highest BCUT2D eigenvalue weighted by Crippen LogP contribution is 2.71. The number of fused-ring (bicyclic) bond motifs is 8. The van der Waals surface area contributed by atoms with E-state index in [1.165, 1.54) is 48.9 Å². The number of carbonyl (C=O) groups excluding carboxylic acids is 7. The highest BCUT2D eigenvalue weighted by atomic mass is 16.8. The van der Waals surface area contributed by atoms with Crippen LogP contribution in [0.4, 0.5) is 0 Å². The Bertz CT molecular complexity index is 4120. The second kappa shape index (κ2) is 32.4. The zero-order chi connectivity index (χ0) is 76.8. The van der Waals surface area contributed by atoms with Crippen molar-refractivity contribution in [3.8, 4) is 0 Å². The first-order valence-electron chi connectivity index (χ1n) is 38.8. The highest BCUT2D eigenvalue weighted by Gasteiger charge is 2.69. The van der Waals surface area contributed by atoms with Crippen molar-refractivity contribution in [2.75, 3.05) is 19.8 Å². The number of carbonyl (C=O) groups is 7. The van der Waals surface area contributed by atoms with Crippen molar-refractivity contribution >= 4 is 41.8 Å². The second-order valence-electron chi connectivity index (χ2n) is 31.8. The van der Waals surface area contributed by atoms with Gasteiger partial charge >= 0.3 is 41.8 Å². The van der Waals surface area contributed by atoms with E-state index in [0.717, 1.165) is 65.4 Å².